The van der Waals surface area contributed by atoms with Crippen LogP contribution in [0, 0.1) is 0 Å². The summed E-state index contributed by atoms with van der Waals surface area (Å²) in [5.41, 5.74) is -3.56. The Morgan fingerprint density at radius 3 is 2.15 bits per heavy atom. The van der Waals surface area contributed by atoms with E-state index >= 15 is 8.78 Å². The van der Waals surface area contributed by atoms with Gasteiger partial charge in [-0.3, -0.25) is 14.9 Å². The summed E-state index contributed by atoms with van der Waals surface area (Å²) in [6.45, 7) is 8.28. The fraction of sp³-hybridized carbons (Fsp3) is 0.667. The van der Waals surface area contributed by atoms with E-state index in [2.05, 4.69) is 10.3 Å². The summed E-state index contributed by atoms with van der Waals surface area (Å²) in [7, 11) is 0.972. The lowest BCUT2D eigenvalue weighted by Crippen LogP contribution is -2.53. The minimum atomic E-state index is -4.35. The molecule has 14 nitrogen and oxygen atoms in total. The third-order valence-electron chi connectivity index (χ3n) is 4.53. The van der Waals surface area contributed by atoms with Gasteiger partial charge in [0.25, 0.3) is 0 Å². The number of alkyl halides is 2. The van der Waals surface area contributed by atoms with Crippen LogP contribution in [-0.4, -0.2) is 76.0 Å². The van der Waals surface area contributed by atoms with Crippen molar-refractivity contribution >= 4 is 30.0 Å². The molecule has 2 N–H and O–H groups in total. The predicted molar refractivity (Wildman–Crippen MR) is 133 cm³/mol. The van der Waals surface area contributed by atoms with E-state index in [4.69, 9.17) is 28.8 Å². The van der Waals surface area contributed by atoms with E-state index in [-0.39, 0.29) is 23.8 Å². The Bertz CT molecular complexity index is 1110. The zero-order chi connectivity index (χ0) is 30.9. The van der Waals surface area contributed by atoms with Gasteiger partial charge in [0, 0.05) is 26.1 Å². The largest absolute Gasteiger partial charge is 0.509 e. The molecule has 0 aromatic carbocycles. The average Bonchev–Trinajstić information content (AvgIpc) is 2.75. The molecule has 0 saturated carbocycles. The number of halogens is 2. The van der Waals surface area contributed by atoms with Gasteiger partial charge in [0.05, 0.1) is 0 Å². The molecule has 1 aromatic heterocycles. The van der Waals surface area contributed by atoms with Crippen molar-refractivity contribution in [1.82, 2.24) is 9.55 Å². The molecule has 2 atom stereocenters. The Balaban J connectivity index is 3.26. The number of carbonyl (C=O) groups is 4. The van der Waals surface area contributed by atoms with Gasteiger partial charge >= 0.3 is 35.9 Å². The Morgan fingerprint density at radius 1 is 1.05 bits per heavy atom. The number of methoxy groups -OCH3 is 1. The summed E-state index contributed by atoms with van der Waals surface area (Å²) in [4.78, 5) is 62.8. The van der Waals surface area contributed by atoms with Crippen molar-refractivity contribution in [2.75, 3.05) is 19.0 Å². The lowest BCUT2D eigenvalue weighted by Gasteiger charge is -2.33. The van der Waals surface area contributed by atoms with Crippen LogP contribution in [0.5, 0.6) is 0 Å². The number of amides is 1. The van der Waals surface area contributed by atoms with Gasteiger partial charge in [-0.15, -0.1) is 0 Å². The number of nitrogens with zero attached hydrogens (tertiary/aromatic N) is 2. The predicted octanol–water partition coefficient (Wildman–Crippen LogP) is 3.27. The Kier molecular flexibility index (Phi) is 12.0. The third kappa shape index (κ3) is 11.9. The SMILES string of the molecule is COC(COC(=O)CCCC(=O)O)C(OC(=O)OC(C)(C)C)C(F)(F)n1ccc(NC(=O)OC(C)(C)C)nc1=O. The second kappa shape index (κ2) is 14.0. The van der Waals surface area contributed by atoms with E-state index < -0.39 is 71.8 Å². The standard InChI is InChI=1S/C24H35F2N3O11/c1-22(2,3)39-20(34)28-15-11-12-29(19(33)27-15)24(25,26)18(38-21(35)40-23(4,5)6)14(36-7)13-37-17(32)10-8-9-16(30)31/h11-12,14,18H,8-10,13H2,1-7H3,(H,30,31)(H,27,28,33,34). The average molecular weight is 580 g/mol. The monoisotopic (exact) mass is 579 g/mol. The van der Waals surface area contributed by atoms with Crippen LogP contribution in [0.15, 0.2) is 17.1 Å². The molecular weight excluding hydrogens is 544 g/mol. The number of aromatic nitrogens is 2. The first-order valence-electron chi connectivity index (χ1n) is 12.0. The Labute approximate surface area is 228 Å². The first kappa shape index (κ1) is 34.2. The minimum Gasteiger partial charge on any atom is -0.481 e. The van der Waals surface area contributed by atoms with Crippen LogP contribution in [0.25, 0.3) is 0 Å². The van der Waals surface area contributed by atoms with Crippen molar-refractivity contribution in [2.45, 2.75) is 90.3 Å². The molecule has 0 saturated heterocycles. The van der Waals surface area contributed by atoms with Gasteiger partial charge in [0.2, 0.25) is 6.10 Å². The van der Waals surface area contributed by atoms with Crippen LogP contribution in [0.3, 0.4) is 0 Å². The highest BCUT2D eigenvalue weighted by Gasteiger charge is 2.51. The van der Waals surface area contributed by atoms with E-state index in [1.807, 2.05) is 0 Å². The van der Waals surface area contributed by atoms with Crippen molar-refractivity contribution in [3.8, 4) is 0 Å². The number of rotatable bonds is 12. The molecule has 0 fully saturated rings. The molecule has 1 rings (SSSR count). The molecule has 0 spiro atoms. The first-order valence-corrected chi connectivity index (χ1v) is 12.0. The number of carbonyl (C=O) groups excluding carboxylic acids is 3. The minimum absolute atomic E-state index is 0.0649. The van der Waals surface area contributed by atoms with Gasteiger partial charge in [-0.1, -0.05) is 0 Å². The van der Waals surface area contributed by atoms with Crippen LogP contribution in [0.4, 0.5) is 24.2 Å². The highest BCUT2D eigenvalue weighted by atomic mass is 19.3. The number of carboxylic acids is 1. The summed E-state index contributed by atoms with van der Waals surface area (Å²) in [5, 5.41) is 10.8. The van der Waals surface area contributed by atoms with Gasteiger partial charge in [0.15, 0.2) is 0 Å². The van der Waals surface area contributed by atoms with Crippen LogP contribution in [-0.2, 0) is 39.3 Å². The van der Waals surface area contributed by atoms with Crippen molar-refractivity contribution in [3.63, 3.8) is 0 Å². The van der Waals surface area contributed by atoms with Crippen molar-refractivity contribution in [1.29, 1.82) is 0 Å². The smallest absolute Gasteiger partial charge is 0.481 e. The zero-order valence-corrected chi connectivity index (χ0v) is 23.3. The number of ether oxygens (including phenoxy) is 5. The van der Waals surface area contributed by atoms with Crippen molar-refractivity contribution in [3.05, 3.63) is 22.7 Å². The maximum atomic E-state index is 15.7. The number of nitrogens with one attached hydrogen (secondary N) is 1. The topological polar surface area (TPSA) is 182 Å². The molecule has 226 valence electrons. The molecule has 0 aliphatic rings. The van der Waals surface area contributed by atoms with Gasteiger partial charge < -0.3 is 28.8 Å². The lowest BCUT2D eigenvalue weighted by atomic mass is 10.1. The quantitative estimate of drug-likeness (QED) is 0.273. The van der Waals surface area contributed by atoms with Gasteiger partial charge in [0.1, 0.15) is 29.7 Å². The summed E-state index contributed by atoms with van der Waals surface area (Å²) in [6, 6.07) is -3.46. The van der Waals surface area contributed by atoms with Crippen LogP contribution < -0.4 is 11.0 Å². The maximum absolute atomic E-state index is 15.7. The summed E-state index contributed by atoms with van der Waals surface area (Å²) >= 11 is 0. The van der Waals surface area contributed by atoms with E-state index in [9.17, 15) is 24.0 Å². The molecule has 1 amide bonds. The summed E-state index contributed by atoms with van der Waals surface area (Å²) < 4.78 is 56.1. The molecule has 0 aliphatic heterocycles. The molecule has 0 aliphatic carbocycles. The van der Waals surface area contributed by atoms with Gasteiger partial charge in [-0.25, -0.2) is 19.0 Å². The molecular formula is C24H35F2N3O11. The fourth-order valence-corrected chi connectivity index (χ4v) is 2.90. The van der Waals surface area contributed by atoms with E-state index in [0.717, 1.165) is 13.2 Å². The van der Waals surface area contributed by atoms with E-state index in [0.29, 0.717) is 6.20 Å². The number of esters is 1. The molecule has 0 radical (unpaired) electrons. The normalized spacial score (nSPS) is 13.5. The highest BCUT2D eigenvalue weighted by Crippen LogP contribution is 2.31. The van der Waals surface area contributed by atoms with Crippen LogP contribution in [0.1, 0.15) is 60.8 Å². The maximum Gasteiger partial charge on any atom is 0.509 e. The zero-order valence-electron chi connectivity index (χ0n) is 23.3. The molecule has 2 unspecified atom stereocenters. The van der Waals surface area contributed by atoms with Crippen molar-refractivity contribution < 1.29 is 56.7 Å². The summed E-state index contributed by atoms with van der Waals surface area (Å²) in [5.74, 6) is -2.45. The van der Waals surface area contributed by atoms with Gasteiger partial charge in [-0.2, -0.15) is 13.8 Å². The fourth-order valence-electron chi connectivity index (χ4n) is 2.90. The second-order valence-electron chi connectivity index (χ2n) is 10.4. The van der Waals surface area contributed by atoms with Gasteiger partial charge in [-0.05, 0) is 54.0 Å². The first-order chi connectivity index (χ1) is 18.2. The Morgan fingerprint density at radius 2 is 1.65 bits per heavy atom. The number of hydrogen-bond acceptors (Lipinski definition) is 11. The molecule has 40 heavy (non-hydrogen) atoms. The molecule has 0 bridgehead atoms. The Hall–Kier alpha value is -3.82. The summed E-state index contributed by atoms with van der Waals surface area (Å²) in [6.07, 6.45) is -7.04. The number of aliphatic carboxylic acids is 1. The number of carboxylic acid groups (broad SMARTS) is 1. The second-order valence-corrected chi connectivity index (χ2v) is 10.4. The van der Waals surface area contributed by atoms with Crippen molar-refractivity contribution in [2.24, 2.45) is 0 Å². The number of hydrogen-bond donors (Lipinski definition) is 2. The molecule has 1 heterocycles. The van der Waals surface area contributed by atoms with Crippen LogP contribution in [0.2, 0.25) is 0 Å². The number of anilines is 1. The highest BCUT2D eigenvalue weighted by molar-refractivity contribution is 5.83. The lowest BCUT2D eigenvalue weighted by molar-refractivity contribution is -0.226. The molecule has 16 heteroatoms. The third-order valence-corrected chi connectivity index (χ3v) is 4.53. The van der Waals surface area contributed by atoms with Crippen LogP contribution >= 0.6 is 0 Å². The molecule has 1 aromatic rings. The van der Waals surface area contributed by atoms with E-state index in [1.54, 1.807) is 20.8 Å². The van der Waals surface area contributed by atoms with E-state index in [1.165, 1.54) is 20.8 Å².